The maximum atomic E-state index is 10.9. The first-order valence-corrected chi connectivity index (χ1v) is 5.55. The number of aldehydes is 1. The molecule has 1 unspecified atom stereocenters. The summed E-state index contributed by atoms with van der Waals surface area (Å²) in [6.07, 6.45) is 1.04. The van der Waals surface area contributed by atoms with E-state index in [0.29, 0.717) is 0 Å². The minimum absolute atomic E-state index is 0.0439. The van der Waals surface area contributed by atoms with Crippen molar-refractivity contribution in [3.8, 4) is 0 Å². The summed E-state index contributed by atoms with van der Waals surface area (Å²) in [5.74, 6) is 0.0439. The van der Waals surface area contributed by atoms with Crippen LogP contribution in [0.15, 0.2) is 22.7 Å². The van der Waals surface area contributed by atoms with E-state index >= 15 is 0 Å². The van der Waals surface area contributed by atoms with Gasteiger partial charge in [-0.3, -0.25) is 0 Å². The van der Waals surface area contributed by atoms with Crippen molar-refractivity contribution in [2.45, 2.75) is 12.8 Å². The largest absolute Gasteiger partial charge is 0.371 e. The van der Waals surface area contributed by atoms with Gasteiger partial charge in [-0.2, -0.15) is 0 Å². The fraction of sp³-hybridized carbons (Fsp3) is 0.364. The molecule has 0 N–H and O–H groups in total. The average molecular weight is 254 g/mol. The van der Waals surface area contributed by atoms with Gasteiger partial charge in [-0.1, -0.05) is 15.9 Å². The predicted octanol–water partition coefficient (Wildman–Crippen LogP) is 2.57. The van der Waals surface area contributed by atoms with Crippen LogP contribution in [0.3, 0.4) is 0 Å². The van der Waals surface area contributed by atoms with Gasteiger partial charge in [0.1, 0.15) is 6.29 Å². The number of carbonyl (C=O) groups excluding carboxylic acids is 1. The molecule has 1 aliphatic rings. The van der Waals surface area contributed by atoms with E-state index in [1.54, 1.807) is 0 Å². The summed E-state index contributed by atoms with van der Waals surface area (Å²) in [7, 11) is 0. The lowest BCUT2D eigenvalue weighted by Gasteiger charge is -2.16. The normalized spacial score (nSPS) is 19.6. The Morgan fingerprint density at radius 2 is 2.43 bits per heavy atom. The molecule has 0 aromatic heterocycles. The van der Waals surface area contributed by atoms with Crippen LogP contribution >= 0.6 is 15.9 Å². The Morgan fingerprint density at radius 1 is 1.64 bits per heavy atom. The van der Waals surface area contributed by atoms with E-state index in [-0.39, 0.29) is 5.92 Å². The standard InChI is InChI=1S/C11H12BrNO/c1-2-13-6-8(7-14)10-5-9(12)3-4-11(10)13/h3-5,7-8H,2,6H2,1H3. The van der Waals surface area contributed by atoms with Gasteiger partial charge < -0.3 is 9.69 Å². The lowest BCUT2D eigenvalue weighted by atomic mass is 10.0. The molecule has 1 atom stereocenters. The van der Waals surface area contributed by atoms with Crippen molar-refractivity contribution in [3.05, 3.63) is 28.2 Å². The zero-order chi connectivity index (χ0) is 10.1. The number of hydrogen-bond acceptors (Lipinski definition) is 2. The van der Waals surface area contributed by atoms with E-state index < -0.39 is 0 Å². The minimum Gasteiger partial charge on any atom is -0.371 e. The van der Waals surface area contributed by atoms with Gasteiger partial charge >= 0.3 is 0 Å². The zero-order valence-electron chi connectivity index (χ0n) is 8.03. The predicted molar refractivity (Wildman–Crippen MR) is 60.8 cm³/mol. The molecule has 74 valence electrons. The lowest BCUT2D eigenvalue weighted by Crippen LogP contribution is -2.21. The number of halogens is 1. The van der Waals surface area contributed by atoms with Crippen LogP contribution in [0, 0.1) is 0 Å². The Morgan fingerprint density at radius 3 is 3.07 bits per heavy atom. The first-order chi connectivity index (χ1) is 6.76. The summed E-state index contributed by atoms with van der Waals surface area (Å²) in [4.78, 5) is 13.1. The molecule has 1 heterocycles. The van der Waals surface area contributed by atoms with E-state index in [9.17, 15) is 4.79 Å². The van der Waals surface area contributed by atoms with Gasteiger partial charge in [0.05, 0.1) is 5.92 Å². The molecule has 1 aromatic rings. The molecule has 2 rings (SSSR count). The fourth-order valence-electron chi connectivity index (χ4n) is 1.96. The Balaban J connectivity index is 2.47. The second kappa shape index (κ2) is 3.73. The van der Waals surface area contributed by atoms with Crippen molar-refractivity contribution in [2.24, 2.45) is 0 Å². The molecule has 0 saturated carbocycles. The monoisotopic (exact) mass is 253 g/mol. The molecular formula is C11H12BrNO. The fourth-order valence-corrected chi connectivity index (χ4v) is 2.34. The molecule has 2 nitrogen and oxygen atoms in total. The molecule has 3 heteroatoms. The highest BCUT2D eigenvalue weighted by Gasteiger charge is 2.27. The number of rotatable bonds is 2. The van der Waals surface area contributed by atoms with Gasteiger partial charge in [0.2, 0.25) is 0 Å². The maximum absolute atomic E-state index is 10.9. The van der Waals surface area contributed by atoms with Gasteiger partial charge in [0.15, 0.2) is 0 Å². The molecule has 14 heavy (non-hydrogen) atoms. The number of hydrogen-bond donors (Lipinski definition) is 0. The van der Waals surface area contributed by atoms with Crippen molar-refractivity contribution in [1.82, 2.24) is 0 Å². The average Bonchev–Trinajstić information content (AvgIpc) is 2.55. The Kier molecular flexibility index (Phi) is 2.59. The van der Waals surface area contributed by atoms with Crippen LogP contribution < -0.4 is 4.90 Å². The van der Waals surface area contributed by atoms with Crippen LogP contribution in [0.2, 0.25) is 0 Å². The first kappa shape index (κ1) is 9.71. The van der Waals surface area contributed by atoms with Crippen molar-refractivity contribution < 1.29 is 4.79 Å². The number of fused-ring (bicyclic) bond motifs is 1. The summed E-state index contributed by atoms with van der Waals surface area (Å²) < 4.78 is 1.04. The molecule has 0 bridgehead atoms. The summed E-state index contributed by atoms with van der Waals surface area (Å²) in [5, 5.41) is 0. The van der Waals surface area contributed by atoms with Gasteiger partial charge in [-0.05, 0) is 30.7 Å². The van der Waals surface area contributed by atoms with Gasteiger partial charge in [-0.25, -0.2) is 0 Å². The summed E-state index contributed by atoms with van der Waals surface area (Å²) in [6.45, 7) is 3.89. The Labute approximate surface area is 92.0 Å². The van der Waals surface area contributed by atoms with Crippen LogP contribution in [0.25, 0.3) is 0 Å². The molecule has 1 aromatic carbocycles. The Hall–Kier alpha value is -0.830. The maximum Gasteiger partial charge on any atom is 0.129 e. The smallest absolute Gasteiger partial charge is 0.129 e. The van der Waals surface area contributed by atoms with E-state index in [2.05, 4.69) is 33.8 Å². The van der Waals surface area contributed by atoms with Crippen molar-refractivity contribution >= 4 is 27.9 Å². The molecule has 0 amide bonds. The zero-order valence-corrected chi connectivity index (χ0v) is 9.62. The van der Waals surface area contributed by atoms with Crippen LogP contribution in [0.4, 0.5) is 5.69 Å². The number of nitrogens with zero attached hydrogens (tertiary/aromatic N) is 1. The van der Waals surface area contributed by atoms with E-state index in [1.807, 2.05) is 12.1 Å². The molecular weight excluding hydrogens is 242 g/mol. The van der Waals surface area contributed by atoms with E-state index in [0.717, 1.165) is 29.4 Å². The number of anilines is 1. The van der Waals surface area contributed by atoms with Gasteiger partial charge in [0, 0.05) is 23.2 Å². The number of benzene rings is 1. The van der Waals surface area contributed by atoms with Crippen LogP contribution in [-0.4, -0.2) is 19.4 Å². The van der Waals surface area contributed by atoms with Gasteiger partial charge in [-0.15, -0.1) is 0 Å². The molecule has 1 aliphatic heterocycles. The van der Waals surface area contributed by atoms with Crippen LogP contribution in [-0.2, 0) is 4.79 Å². The third-order valence-corrected chi connectivity index (χ3v) is 3.19. The topological polar surface area (TPSA) is 20.3 Å². The third-order valence-electron chi connectivity index (χ3n) is 2.69. The quantitative estimate of drug-likeness (QED) is 0.756. The molecule has 0 fully saturated rings. The minimum atomic E-state index is 0.0439. The highest BCUT2D eigenvalue weighted by atomic mass is 79.9. The second-order valence-corrected chi connectivity index (χ2v) is 4.40. The molecule has 0 saturated heterocycles. The third kappa shape index (κ3) is 1.46. The van der Waals surface area contributed by atoms with Crippen molar-refractivity contribution in [2.75, 3.05) is 18.0 Å². The lowest BCUT2D eigenvalue weighted by molar-refractivity contribution is -0.108. The van der Waals surface area contributed by atoms with E-state index in [4.69, 9.17) is 0 Å². The number of carbonyl (C=O) groups is 1. The van der Waals surface area contributed by atoms with Crippen LogP contribution in [0.5, 0.6) is 0 Å². The highest BCUT2D eigenvalue weighted by molar-refractivity contribution is 9.10. The SMILES string of the molecule is CCN1CC(C=O)c2cc(Br)ccc21. The second-order valence-electron chi connectivity index (χ2n) is 3.48. The van der Waals surface area contributed by atoms with Gasteiger partial charge in [0.25, 0.3) is 0 Å². The number of likely N-dealkylation sites (N-methyl/N-ethyl adjacent to an activating group) is 1. The van der Waals surface area contributed by atoms with Crippen molar-refractivity contribution in [3.63, 3.8) is 0 Å². The molecule has 0 aliphatic carbocycles. The van der Waals surface area contributed by atoms with Crippen molar-refractivity contribution in [1.29, 1.82) is 0 Å². The highest BCUT2D eigenvalue weighted by Crippen LogP contribution is 2.36. The summed E-state index contributed by atoms with van der Waals surface area (Å²) in [6, 6.07) is 6.14. The summed E-state index contributed by atoms with van der Waals surface area (Å²) >= 11 is 3.43. The first-order valence-electron chi connectivity index (χ1n) is 4.76. The molecule has 0 spiro atoms. The van der Waals surface area contributed by atoms with E-state index in [1.165, 1.54) is 5.69 Å². The molecule has 0 radical (unpaired) electrons. The Bertz CT molecular complexity index is 364. The van der Waals surface area contributed by atoms with Crippen LogP contribution in [0.1, 0.15) is 18.4 Å². The summed E-state index contributed by atoms with van der Waals surface area (Å²) in [5.41, 5.74) is 2.35.